The van der Waals surface area contributed by atoms with Crippen LogP contribution in [-0.2, 0) is 0 Å². The summed E-state index contributed by atoms with van der Waals surface area (Å²) in [6, 6.07) is 4.36. The average Bonchev–Trinajstić information content (AvgIpc) is 2.48. The monoisotopic (exact) mass is 342 g/mol. The molecule has 20 heavy (non-hydrogen) atoms. The Morgan fingerprint density at radius 1 is 1.40 bits per heavy atom. The Labute approximate surface area is 129 Å². The van der Waals surface area contributed by atoms with Crippen molar-refractivity contribution in [1.29, 1.82) is 0 Å². The Balaban J connectivity index is 2.30. The summed E-state index contributed by atoms with van der Waals surface area (Å²) in [5.74, 6) is 0.706. The SMILES string of the molecule is CCC[C@H](c1cc(Br)c(O)c(OC)c1)N1CCNCC1. The molecule has 1 aliphatic rings. The summed E-state index contributed by atoms with van der Waals surface area (Å²) < 4.78 is 5.97. The van der Waals surface area contributed by atoms with E-state index in [0.717, 1.165) is 39.0 Å². The first-order valence-corrected chi connectivity index (χ1v) is 7.97. The quantitative estimate of drug-likeness (QED) is 0.863. The van der Waals surface area contributed by atoms with Crippen LogP contribution < -0.4 is 10.1 Å². The van der Waals surface area contributed by atoms with E-state index in [0.29, 0.717) is 16.3 Å². The fourth-order valence-electron chi connectivity index (χ4n) is 2.77. The molecule has 2 N–H and O–H groups in total. The summed E-state index contributed by atoms with van der Waals surface area (Å²) in [5, 5.41) is 13.3. The topological polar surface area (TPSA) is 44.7 Å². The van der Waals surface area contributed by atoms with Gasteiger partial charge < -0.3 is 15.2 Å². The first-order valence-electron chi connectivity index (χ1n) is 7.18. The van der Waals surface area contributed by atoms with Crippen molar-refractivity contribution in [3.8, 4) is 11.5 Å². The van der Waals surface area contributed by atoms with Crippen molar-refractivity contribution in [2.24, 2.45) is 0 Å². The number of benzene rings is 1. The molecule has 1 aromatic carbocycles. The number of aromatic hydroxyl groups is 1. The molecule has 0 spiro atoms. The van der Waals surface area contributed by atoms with E-state index in [4.69, 9.17) is 4.74 Å². The molecule has 1 aliphatic heterocycles. The van der Waals surface area contributed by atoms with E-state index in [1.165, 1.54) is 5.56 Å². The second-order valence-electron chi connectivity index (χ2n) is 5.14. The van der Waals surface area contributed by atoms with Gasteiger partial charge in [-0.05, 0) is 40.0 Å². The van der Waals surface area contributed by atoms with E-state index in [2.05, 4.69) is 33.1 Å². The molecule has 1 saturated heterocycles. The molecule has 0 saturated carbocycles. The van der Waals surface area contributed by atoms with Crippen LogP contribution in [0.5, 0.6) is 11.5 Å². The predicted molar refractivity (Wildman–Crippen MR) is 84.5 cm³/mol. The van der Waals surface area contributed by atoms with Crippen molar-refractivity contribution in [1.82, 2.24) is 10.2 Å². The highest BCUT2D eigenvalue weighted by molar-refractivity contribution is 9.10. The molecule has 0 unspecified atom stereocenters. The number of rotatable bonds is 5. The van der Waals surface area contributed by atoms with Crippen molar-refractivity contribution >= 4 is 15.9 Å². The van der Waals surface area contributed by atoms with E-state index in [9.17, 15) is 5.11 Å². The van der Waals surface area contributed by atoms with Crippen molar-refractivity contribution in [2.75, 3.05) is 33.3 Å². The minimum absolute atomic E-state index is 0.173. The van der Waals surface area contributed by atoms with E-state index in [-0.39, 0.29) is 5.75 Å². The average molecular weight is 343 g/mol. The lowest BCUT2D eigenvalue weighted by Crippen LogP contribution is -2.45. The molecular formula is C15H23BrN2O2. The third-order valence-corrected chi connectivity index (χ3v) is 4.41. The molecule has 0 radical (unpaired) electrons. The largest absolute Gasteiger partial charge is 0.503 e. The fourth-order valence-corrected chi connectivity index (χ4v) is 3.23. The molecule has 1 fully saturated rings. The summed E-state index contributed by atoms with van der Waals surface area (Å²) in [6.45, 7) is 6.41. The highest BCUT2D eigenvalue weighted by atomic mass is 79.9. The number of halogens is 1. The number of nitrogens with zero attached hydrogens (tertiary/aromatic N) is 1. The van der Waals surface area contributed by atoms with Gasteiger partial charge in [0.15, 0.2) is 11.5 Å². The summed E-state index contributed by atoms with van der Waals surface area (Å²) in [6.07, 6.45) is 2.25. The van der Waals surface area contributed by atoms with Gasteiger partial charge in [0.05, 0.1) is 11.6 Å². The minimum atomic E-state index is 0.173. The number of ether oxygens (including phenoxy) is 1. The number of phenols is 1. The number of methoxy groups -OCH3 is 1. The van der Waals surface area contributed by atoms with Crippen molar-refractivity contribution < 1.29 is 9.84 Å². The Bertz CT molecular complexity index is 448. The first-order chi connectivity index (χ1) is 9.67. The van der Waals surface area contributed by atoms with Gasteiger partial charge >= 0.3 is 0 Å². The number of hydrogen-bond donors (Lipinski definition) is 2. The molecule has 1 aromatic rings. The van der Waals surface area contributed by atoms with Gasteiger partial charge in [0.25, 0.3) is 0 Å². The molecule has 0 bridgehead atoms. The summed E-state index contributed by atoms with van der Waals surface area (Å²) in [5.41, 5.74) is 1.20. The zero-order valence-electron chi connectivity index (χ0n) is 12.2. The van der Waals surface area contributed by atoms with Gasteiger partial charge in [-0.3, -0.25) is 4.90 Å². The fraction of sp³-hybridized carbons (Fsp3) is 0.600. The maximum absolute atomic E-state index is 9.95. The van der Waals surface area contributed by atoms with Crippen LogP contribution in [-0.4, -0.2) is 43.3 Å². The highest BCUT2D eigenvalue weighted by Crippen LogP contribution is 2.39. The van der Waals surface area contributed by atoms with Crippen LogP contribution >= 0.6 is 15.9 Å². The summed E-state index contributed by atoms with van der Waals surface area (Å²) >= 11 is 3.42. The van der Waals surface area contributed by atoms with E-state index in [1.807, 2.05) is 12.1 Å². The van der Waals surface area contributed by atoms with Crippen LogP contribution in [0.15, 0.2) is 16.6 Å². The van der Waals surface area contributed by atoms with Gasteiger partial charge in [0.1, 0.15) is 0 Å². The highest BCUT2D eigenvalue weighted by Gasteiger charge is 2.23. The maximum atomic E-state index is 9.95. The smallest absolute Gasteiger partial charge is 0.172 e. The molecule has 5 heteroatoms. The number of piperazine rings is 1. The van der Waals surface area contributed by atoms with Gasteiger partial charge in [-0.2, -0.15) is 0 Å². The molecule has 0 aliphatic carbocycles. The Hall–Kier alpha value is -0.780. The molecule has 4 nitrogen and oxygen atoms in total. The summed E-state index contributed by atoms with van der Waals surface area (Å²) in [4.78, 5) is 2.51. The Kier molecular flexibility index (Phi) is 5.69. The molecule has 112 valence electrons. The lowest BCUT2D eigenvalue weighted by atomic mass is 9.99. The standard InChI is InChI=1S/C15H23BrN2O2/c1-3-4-13(18-7-5-17-6-8-18)11-9-12(16)15(19)14(10-11)20-2/h9-10,13,17,19H,3-8H2,1-2H3/t13-/m1/s1. The molecule has 0 aromatic heterocycles. The zero-order chi connectivity index (χ0) is 14.5. The second-order valence-corrected chi connectivity index (χ2v) is 6.00. The first kappa shape index (κ1) is 15.6. The maximum Gasteiger partial charge on any atom is 0.172 e. The third kappa shape index (κ3) is 3.45. The van der Waals surface area contributed by atoms with E-state index in [1.54, 1.807) is 7.11 Å². The van der Waals surface area contributed by atoms with Crippen LogP contribution in [0, 0.1) is 0 Å². The normalized spacial score (nSPS) is 17.9. The Morgan fingerprint density at radius 2 is 2.10 bits per heavy atom. The number of nitrogens with one attached hydrogen (secondary N) is 1. The lowest BCUT2D eigenvalue weighted by Gasteiger charge is -2.35. The zero-order valence-corrected chi connectivity index (χ0v) is 13.7. The molecule has 1 atom stereocenters. The van der Waals surface area contributed by atoms with Crippen molar-refractivity contribution in [2.45, 2.75) is 25.8 Å². The van der Waals surface area contributed by atoms with Crippen LogP contribution in [0.3, 0.4) is 0 Å². The van der Waals surface area contributed by atoms with Crippen LogP contribution in [0.2, 0.25) is 0 Å². The van der Waals surface area contributed by atoms with Crippen molar-refractivity contribution in [3.05, 3.63) is 22.2 Å². The second kappa shape index (κ2) is 7.29. The van der Waals surface area contributed by atoms with Gasteiger partial charge in [-0.15, -0.1) is 0 Å². The van der Waals surface area contributed by atoms with Gasteiger partial charge in [0.2, 0.25) is 0 Å². The minimum Gasteiger partial charge on any atom is -0.503 e. The molecule has 1 heterocycles. The number of phenolic OH excluding ortho intramolecular Hbond substituents is 1. The van der Waals surface area contributed by atoms with Crippen LogP contribution in [0.1, 0.15) is 31.4 Å². The van der Waals surface area contributed by atoms with Crippen LogP contribution in [0.25, 0.3) is 0 Å². The molecule has 0 amide bonds. The predicted octanol–water partition coefficient (Wildman–Crippen LogP) is 2.91. The molecule has 2 rings (SSSR count). The van der Waals surface area contributed by atoms with Gasteiger partial charge in [0, 0.05) is 32.2 Å². The summed E-state index contributed by atoms with van der Waals surface area (Å²) in [7, 11) is 1.59. The third-order valence-electron chi connectivity index (χ3n) is 3.81. The van der Waals surface area contributed by atoms with Gasteiger partial charge in [-0.25, -0.2) is 0 Å². The van der Waals surface area contributed by atoms with E-state index < -0.39 is 0 Å². The lowest BCUT2D eigenvalue weighted by molar-refractivity contribution is 0.164. The number of hydrogen-bond acceptors (Lipinski definition) is 4. The van der Waals surface area contributed by atoms with Gasteiger partial charge in [-0.1, -0.05) is 13.3 Å². The molecular weight excluding hydrogens is 320 g/mol. The van der Waals surface area contributed by atoms with Crippen molar-refractivity contribution in [3.63, 3.8) is 0 Å². The van der Waals surface area contributed by atoms with E-state index >= 15 is 0 Å². The Morgan fingerprint density at radius 3 is 2.70 bits per heavy atom. The van der Waals surface area contributed by atoms with Crippen LogP contribution in [0.4, 0.5) is 0 Å².